The Morgan fingerprint density at radius 1 is 1.13 bits per heavy atom. The van der Waals surface area contributed by atoms with E-state index in [2.05, 4.69) is 0 Å². The molecule has 2 aromatic rings. The van der Waals surface area contributed by atoms with Crippen molar-refractivity contribution in [3.63, 3.8) is 0 Å². The highest BCUT2D eigenvalue weighted by Crippen LogP contribution is 2.23. The van der Waals surface area contributed by atoms with Crippen LogP contribution in [0.1, 0.15) is 25.0 Å². The summed E-state index contributed by atoms with van der Waals surface area (Å²) in [6, 6.07) is 16.6. The van der Waals surface area contributed by atoms with E-state index in [4.69, 9.17) is 14.2 Å². The van der Waals surface area contributed by atoms with Gasteiger partial charge in [-0.1, -0.05) is 49.4 Å². The quantitative estimate of drug-likeness (QED) is 0.662. The van der Waals surface area contributed by atoms with Crippen LogP contribution in [0.2, 0.25) is 0 Å². The molecule has 0 bridgehead atoms. The summed E-state index contributed by atoms with van der Waals surface area (Å²) in [7, 11) is 1.60. The smallest absolute Gasteiger partial charge is 0.416 e. The molecule has 1 heterocycles. The maximum absolute atomic E-state index is 13.0. The summed E-state index contributed by atoms with van der Waals surface area (Å²) in [5, 5.41) is 10.7. The average molecular weight is 427 g/mol. The number of imide groups is 1. The van der Waals surface area contributed by atoms with Crippen molar-refractivity contribution >= 4 is 12.0 Å². The first-order chi connectivity index (χ1) is 14.9. The fourth-order valence-corrected chi connectivity index (χ4v) is 3.59. The molecule has 0 spiro atoms. The number of aliphatic hydroxyl groups excluding tert-OH is 1. The van der Waals surface area contributed by atoms with Crippen molar-refractivity contribution in [3.05, 3.63) is 65.7 Å². The van der Waals surface area contributed by atoms with Crippen molar-refractivity contribution in [1.82, 2.24) is 4.90 Å². The third kappa shape index (κ3) is 5.62. The van der Waals surface area contributed by atoms with Crippen molar-refractivity contribution in [2.24, 2.45) is 5.92 Å². The van der Waals surface area contributed by atoms with Gasteiger partial charge in [0.15, 0.2) is 0 Å². The van der Waals surface area contributed by atoms with E-state index >= 15 is 0 Å². The van der Waals surface area contributed by atoms with E-state index in [1.165, 1.54) is 0 Å². The maximum atomic E-state index is 13.0. The van der Waals surface area contributed by atoms with Gasteiger partial charge in [-0.05, 0) is 36.6 Å². The number of amides is 2. The summed E-state index contributed by atoms with van der Waals surface area (Å²) in [6.45, 7) is 3.74. The molecule has 3 rings (SSSR count). The molecule has 7 heteroatoms. The number of aliphatic hydroxyl groups is 1. The number of carbonyl (C=O) groups is 2. The topological polar surface area (TPSA) is 85.3 Å². The Hall–Kier alpha value is -2.90. The maximum Gasteiger partial charge on any atom is 0.416 e. The Bertz CT molecular complexity index is 869. The summed E-state index contributed by atoms with van der Waals surface area (Å²) >= 11 is 0. The molecule has 2 amide bonds. The molecule has 1 N–H and O–H groups in total. The van der Waals surface area contributed by atoms with Crippen LogP contribution in [0.3, 0.4) is 0 Å². The van der Waals surface area contributed by atoms with Gasteiger partial charge in [-0.2, -0.15) is 0 Å². The lowest BCUT2D eigenvalue weighted by molar-refractivity contribution is -0.141. The molecule has 0 aromatic heterocycles. The van der Waals surface area contributed by atoms with Crippen LogP contribution in [-0.2, 0) is 27.3 Å². The number of hydrogen-bond donors (Lipinski definition) is 1. The Balaban J connectivity index is 1.59. The lowest BCUT2D eigenvalue weighted by Crippen LogP contribution is -2.48. The van der Waals surface area contributed by atoms with Crippen LogP contribution in [0.4, 0.5) is 4.79 Å². The highest BCUT2D eigenvalue weighted by atomic mass is 16.6. The molecule has 0 aliphatic carbocycles. The van der Waals surface area contributed by atoms with E-state index in [0.29, 0.717) is 6.42 Å². The zero-order chi connectivity index (χ0) is 22.4. The van der Waals surface area contributed by atoms with Crippen LogP contribution in [0, 0.1) is 5.92 Å². The molecule has 0 saturated carbocycles. The third-order valence-corrected chi connectivity index (χ3v) is 5.57. The molecule has 4 atom stereocenters. The average Bonchev–Trinajstić information content (AvgIpc) is 3.16. The van der Waals surface area contributed by atoms with Crippen LogP contribution in [0.15, 0.2) is 54.6 Å². The molecule has 1 fully saturated rings. The van der Waals surface area contributed by atoms with Crippen LogP contribution >= 0.6 is 0 Å². The number of carbonyl (C=O) groups excluding carboxylic acids is 2. The normalized spacial score (nSPS) is 18.9. The molecule has 7 nitrogen and oxygen atoms in total. The van der Waals surface area contributed by atoms with E-state index in [0.717, 1.165) is 21.8 Å². The first-order valence-corrected chi connectivity index (χ1v) is 10.4. The summed E-state index contributed by atoms with van der Waals surface area (Å²) < 4.78 is 16.0. The molecule has 2 aromatic carbocycles. The number of methoxy groups -OCH3 is 1. The molecule has 1 aliphatic rings. The minimum atomic E-state index is -1.07. The fraction of sp³-hybridized carbons (Fsp3) is 0.417. The summed E-state index contributed by atoms with van der Waals surface area (Å²) in [4.78, 5) is 26.4. The minimum absolute atomic E-state index is 0.145. The van der Waals surface area contributed by atoms with Crippen molar-refractivity contribution in [2.75, 3.05) is 13.7 Å². The number of benzene rings is 2. The van der Waals surface area contributed by atoms with Crippen LogP contribution in [-0.4, -0.2) is 54.0 Å². The van der Waals surface area contributed by atoms with Gasteiger partial charge in [-0.15, -0.1) is 0 Å². The van der Waals surface area contributed by atoms with Crippen molar-refractivity contribution in [1.29, 1.82) is 0 Å². The highest BCUT2D eigenvalue weighted by molar-refractivity contribution is 5.95. The zero-order valence-electron chi connectivity index (χ0n) is 18.1. The molecule has 0 unspecified atom stereocenters. The summed E-state index contributed by atoms with van der Waals surface area (Å²) in [5.74, 6) is -0.538. The van der Waals surface area contributed by atoms with Gasteiger partial charge in [0.25, 0.3) is 0 Å². The van der Waals surface area contributed by atoms with Gasteiger partial charge in [0, 0.05) is 0 Å². The SMILES string of the molecule is COc1ccc(CO[C@H](C)[C@@H](O)[C@H](C)C(=O)N2C(=O)OC[C@@H]2Cc2ccccc2)cc1. The largest absolute Gasteiger partial charge is 0.497 e. The number of ether oxygens (including phenoxy) is 3. The monoisotopic (exact) mass is 427 g/mol. The minimum Gasteiger partial charge on any atom is -0.497 e. The number of rotatable bonds is 9. The zero-order valence-corrected chi connectivity index (χ0v) is 18.1. The molecular formula is C24H29NO6. The fourth-order valence-electron chi connectivity index (χ4n) is 3.59. The first kappa shape index (κ1) is 22.8. The van der Waals surface area contributed by atoms with Gasteiger partial charge in [0.05, 0.1) is 37.9 Å². The summed E-state index contributed by atoms with van der Waals surface area (Å²) in [6.07, 6.45) is -1.84. The van der Waals surface area contributed by atoms with E-state index < -0.39 is 36.2 Å². The Morgan fingerprint density at radius 2 is 1.81 bits per heavy atom. The van der Waals surface area contributed by atoms with E-state index in [1.54, 1.807) is 21.0 Å². The molecule has 0 radical (unpaired) electrons. The van der Waals surface area contributed by atoms with Gasteiger partial charge in [-0.3, -0.25) is 4.79 Å². The van der Waals surface area contributed by atoms with Crippen molar-refractivity contribution < 1.29 is 28.9 Å². The van der Waals surface area contributed by atoms with Crippen LogP contribution in [0.5, 0.6) is 5.75 Å². The third-order valence-electron chi connectivity index (χ3n) is 5.57. The van der Waals surface area contributed by atoms with Gasteiger partial charge in [0.1, 0.15) is 12.4 Å². The van der Waals surface area contributed by atoms with Gasteiger partial charge >= 0.3 is 6.09 Å². The Labute approximate surface area is 182 Å². The molecule has 31 heavy (non-hydrogen) atoms. The lowest BCUT2D eigenvalue weighted by Gasteiger charge is -2.28. The predicted molar refractivity (Wildman–Crippen MR) is 115 cm³/mol. The lowest BCUT2D eigenvalue weighted by atomic mass is 9.97. The van der Waals surface area contributed by atoms with Gasteiger partial charge in [0.2, 0.25) is 5.91 Å². The van der Waals surface area contributed by atoms with E-state index in [9.17, 15) is 14.7 Å². The van der Waals surface area contributed by atoms with E-state index in [1.807, 2.05) is 54.6 Å². The molecule has 1 aliphatic heterocycles. The Morgan fingerprint density at radius 3 is 2.45 bits per heavy atom. The van der Waals surface area contributed by atoms with Gasteiger partial charge < -0.3 is 19.3 Å². The second-order valence-electron chi connectivity index (χ2n) is 7.77. The van der Waals surface area contributed by atoms with E-state index in [-0.39, 0.29) is 13.2 Å². The molecule has 166 valence electrons. The number of cyclic esters (lactones) is 1. The summed E-state index contributed by atoms with van der Waals surface area (Å²) in [5.41, 5.74) is 1.93. The highest BCUT2D eigenvalue weighted by Gasteiger charge is 2.42. The van der Waals surface area contributed by atoms with Crippen molar-refractivity contribution in [3.8, 4) is 5.75 Å². The standard InChI is InChI=1S/C24H29NO6/c1-16(22(26)17(2)30-14-19-9-11-21(29-3)12-10-19)23(27)25-20(15-31-24(25)28)13-18-7-5-4-6-8-18/h4-12,16-17,20,22,26H,13-15H2,1-3H3/t16-,17+,20-,22-/m0/s1. The van der Waals surface area contributed by atoms with Crippen LogP contribution < -0.4 is 4.74 Å². The Kier molecular flexibility index (Phi) is 7.65. The van der Waals surface area contributed by atoms with Crippen molar-refractivity contribution in [2.45, 2.75) is 45.1 Å². The predicted octanol–water partition coefficient (Wildman–Crippen LogP) is 3.19. The van der Waals surface area contributed by atoms with Gasteiger partial charge in [-0.25, -0.2) is 9.69 Å². The second-order valence-corrected chi connectivity index (χ2v) is 7.77. The number of hydrogen-bond acceptors (Lipinski definition) is 6. The first-order valence-electron chi connectivity index (χ1n) is 10.4. The van der Waals surface area contributed by atoms with Crippen LogP contribution in [0.25, 0.3) is 0 Å². The molecular weight excluding hydrogens is 398 g/mol. The second kappa shape index (κ2) is 10.4. The number of nitrogens with zero attached hydrogens (tertiary/aromatic N) is 1. The molecule has 1 saturated heterocycles.